The van der Waals surface area contributed by atoms with Crippen molar-refractivity contribution in [3.63, 3.8) is 0 Å². The minimum Gasteiger partial charge on any atom is -0.494 e. The lowest BCUT2D eigenvalue weighted by molar-refractivity contribution is 0.316. The van der Waals surface area contributed by atoms with Crippen molar-refractivity contribution in [1.29, 1.82) is 0 Å². The van der Waals surface area contributed by atoms with E-state index in [1.807, 2.05) is 0 Å². The van der Waals surface area contributed by atoms with E-state index < -0.39 is 0 Å². The van der Waals surface area contributed by atoms with Crippen molar-refractivity contribution < 1.29 is 4.74 Å². The lowest BCUT2D eigenvalue weighted by atomic mass is 9.93. The average molecular weight is 277 g/mol. The van der Waals surface area contributed by atoms with Gasteiger partial charge in [0.15, 0.2) is 0 Å². The Labute approximate surface area is 124 Å². The van der Waals surface area contributed by atoms with Crippen molar-refractivity contribution in [2.24, 2.45) is 5.92 Å². The van der Waals surface area contributed by atoms with Gasteiger partial charge in [0.1, 0.15) is 5.75 Å². The van der Waals surface area contributed by atoms with Gasteiger partial charge >= 0.3 is 0 Å². The molecule has 0 radical (unpaired) electrons. The monoisotopic (exact) mass is 277 g/mol. The molecule has 1 N–H and O–H groups in total. The quantitative estimate of drug-likeness (QED) is 0.653. The molecular formula is C18H31NO. The molecule has 114 valence electrons. The Morgan fingerprint density at radius 3 is 2.60 bits per heavy atom. The number of hydrogen-bond acceptors (Lipinski definition) is 2. The first-order valence-corrected chi connectivity index (χ1v) is 8.17. The molecule has 20 heavy (non-hydrogen) atoms. The summed E-state index contributed by atoms with van der Waals surface area (Å²) < 4.78 is 5.75. The average Bonchev–Trinajstić information content (AvgIpc) is 2.45. The zero-order valence-electron chi connectivity index (χ0n) is 13.6. The van der Waals surface area contributed by atoms with Crippen LogP contribution in [-0.2, 0) is 0 Å². The third-order valence-electron chi connectivity index (χ3n) is 3.60. The fourth-order valence-corrected chi connectivity index (χ4v) is 2.64. The van der Waals surface area contributed by atoms with E-state index in [-0.39, 0.29) is 0 Å². The second-order valence-corrected chi connectivity index (χ2v) is 5.66. The topological polar surface area (TPSA) is 21.3 Å². The first-order chi connectivity index (χ1) is 9.71. The molecule has 0 fully saturated rings. The summed E-state index contributed by atoms with van der Waals surface area (Å²) in [6, 6.07) is 9.01. The normalized spacial score (nSPS) is 14.0. The molecule has 0 amide bonds. The summed E-state index contributed by atoms with van der Waals surface area (Å²) in [7, 11) is 0. The van der Waals surface area contributed by atoms with E-state index in [1.54, 1.807) is 0 Å². The molecule has 0 aromatic heterocycles. The van der Waals surface area contributed by atoms with Crippen molar-refractivity contribution in [2.75, 3.05) is 13.2 Å². The smallest absolute Gasteiger partial charge is 0.119 e. The molecule has 1 aromatic carbocycles. The van der Waals surface area contributed by atoms with Crippen LogP contribution in [0.5, 0.6) is 5.75 Å². The Kier molecular flexibility index (Phi) is 8.36. The van der Waals surface area contributed by atoms with Crippen LogP contribution >= 0.6 is 0 Å². The zero-order valence-corrected chi connectivity index (χ0v) is 13.6. The van der Waals surface area contributed by atoms with Crippen molar-refractivity contribution in [3.05, 3.63) is 29.8 Å². The highest BCUT2D eigenvalue weighted by molar-refractivity contribution is 5.30. The van der Waals surface area contributed by atoms with Crippen LogP contribution in [0.2, 0.25) is 0 Å². The van der Waals surface area contributed by atoms with Gasteiger partial charge in [0.05, 0.1) is 6.61 Å². The number of nitrogens with one attached hydrogen (secondary N) is 1. The Morgan fingerprint density at radius 1 is 1.15 bits per heavy atom. The molecule has 2 atom stereocenters. The molecule has 0 heterocycles. The van der Waals surface area contributed by atoms with Gasteiger partial charge in [-0.2, -0.15) is 0 Å². The predicted octanol–water partition coefficient (Wildman–Crippen LogP) is 4.95. The van der Waals surface area contributed by atoms with Gasteiger partial charge in [-0.3, -0.25) is 0 Å². The number of hydrogen-bond donors (Lipinski definition) is 1. The second-order valence-electron chi connectivity index (χ2n) is 5.66. The lowest BCUT2D eigenvalue weighted by Gasteiger charge is -2.22. The Bertz CT molecular complexity index is 364. The highest BCUT2D eigenvalue weighted by atomic mass is 16.5. The molecule has 0 aliphatic heterocycles. The Balaban J connectivity index is 2.74. The van der Waals surface area contributed by atoms with E-state index >= 15 is 0 Å². The maximum absolute atomic E-state index is 5.75. The van der Waals surface area contributed by atoms with Gasteiger partial charge in [-0.25, -0.2) is 0 Å². The van der Waals surface area contributed by atoms with Gasteiger partial charge < -0.3 is 10.1 Å². The molecule has 0 saturated carbocycles. The molecule has 2 unspecified atom stereocenters. The zero-order chi connectivity index (χ0) is 14.8. The van der Waals surface area contributed by atoms with Gasteiger partial charge in [-0.1, -0.05) is 52.7 Å². The lowest BCUT2D eigenvalue weighted by Crippen LogP contribution is -2.23. The minimum atomic E-state index is 0.437. The maximum Gasteiger partial charge on any atom is 0.119 e. The largest absolute Gasteiger partial charge is 0.494 e. The molecule has 1 aromatic rings. The third-order valence-corrected chi connectivity index (χ3v) is 3.60. The third kappa shape index (κ3) is 5.96. The summed E-state index contributed by atoms with van der Waals surface area (Å²) in [5, 5.41) is 3.62. The van der Waals surface area contributed by atoms with E-state index in [0.717, 1.165) is 31.2 Å². The summed E-state index contributed by atoms with van der Waals surface area (Å²) in [4.78, 5) is 0. The van der Waals surface area contributed by atoms with E-state index in [4.69, 9.17) is 4.74 Å². The molecule has 0 spiro atoms. The van der Waals surface area contributed by atoms with Crippen LogP contribution in [0.4, 0.5) is 0 Å². The van der Waals surface area contributed by atoms with Crippen molar-refractivity contribution in [2.45, 2.75) is 59.4 Å². The molecule has 0 saturated heterocycles. The second kappa shape index (κ2) is 9.82. The van der Waals surface area contributed by atoms with Crippen LogP contribution < -0.4 is 10.1 Å². The SMILES string of the molecule is CCCOc1cccc(C(CC(C)CCC)NCC)c1. The van der Waals surface area contributed by atoms with Crippen LogP contribution in [-0.4, -0.2) is 13.2 Å². The first-order valence-electron chi connectivity index (χ1n) is 8.17. The highest BCUT2D eigenvalue weighted by Gasteiger charge is 2.14. The van der Waals surface area contributed by atoms with Crippen molar-refractivity contribution in [1.82, 2.24) is 5.32 Å². The number of rotatable bonds is 10. The van der Waals surface area contributed by atoms with Gasteiger partial charge in [0, 0.05) is 6.04 Å². The van der Waals surface area contributed by atoms with Crippen LogP contribution in [0, 0.1) is 5.92 Å². The summed E-state index contributed by atoms with van der Waals surface area (Å²) in [6.07, 6.45) is 4.81. The predicted molar refractivity (Wildman–Crippen MR) is 87.3 cm³/mol. The standard InChI is InChI=1S/C18H31NO/c1-5-9-15(4)13-18(19-7-3)16-10-8-11-17(14-16)20-12-6-2/h8,10-11,14-15,18-19H,5-7,9,12-13H2,1-4H3. The Hall–Kier alpha value is -1.02. The van der Waals surface area contributed by atoms with E-state index in [2.05, 4.69) is 57.3 Å². The molecular weight excluding hydrogens is 246 g/mol. The molecule has 0 aliphatic rings. The molecule has 1 rings (SSSR count). The molecule has 0 bridgehead atoms. The summed E-state index contributed by atoms with van der Waals surface area (Å²) >= 11 is 0. The van der Waals surface area contributed by atoms with Crippen LogP contribution in [0.15, 0.2) is 24.3 Å². The van der Waals surface area contributed by atoms with E-state index in [9.17, 15) is 0 Å². The number of ether oxygens (including phenoxy) is 1. The van der Waals surface area contributed by atoms with Crippen LogP contribution in [0.25, 0.3) is 0 Å². The molecule has 2 heteroatoms. The van der Waals surface area contributed by atoms with E-state index in [0.29, 0.717) is 6.04 Å². The van der Waals surface area contributed by atoms with Gasteiger partial charge in [-0.05, 0) is 43.0 Å². The summed E-state index contributed by atoms with van der Waals surface area (Å²) in [5.74, 6) is 1.75. The fraction of sp³-hybridized carbons (Fsp3) is 0.667. The van der Waals surface area contributed by atoms with Gasteiger partial charge in [0.2, 0.25) is 0 Å². The summed E-state index contributed by atoms with van der Waals surface area (Å²) in [6.45, 7) is 10.7. The molecule has 2 nitrogen and oxygen atoms in total. The number of benzene rings is 1. The Morgan fingerprint density at radius 2 is 1.95 bits per heavy atom. The summed E-state index contributed by atoms with van der Waals surface area (Å²) in [5.41, 5.74) is 1.35. The van der Waals surface area contributed by atoms with Gasteiger partial charge in [-0.15, -0.1) is 0 Å². The highest BCUT2D eigenvalue weighted by Crippen LogP contribution is 2.26. The first kappa shape index (κ1) is 17.0. The van der Waals surface area contributed by atoms with Gasteiger partial charge in [0.25, 0.3) is 0 Å². The van der Waals surface area contributed by atoms with Crippen molar-refractivity contribution in [3.8, 4) is 5.75 Å². The van der Waals surface area contributed by atoms with Crippen molar-refractivity contribution >= 4 is 0 Å². The minimum absolute atomic E-state index is 0.437. The fourth-order valence-electron chi connectivity index (χ4n) is 2.64. The maximum atomic E-state index is 5.75. The van der Waals surface area contributed by atoms with E-state index in [1.165, 1.54) is 24.8 Å². The molecule has 0 aliphatic carbocycles. The van der Waals surface area contributed by atoms with Crippen LogP contribution in [0.1, 0.15) is 65.0 Å². The van der Waals surface area contributed by atoms with Crippen LogP contribution in [0.3, 0.4) is 0 Å².